The molecule has 0 aromatic carbocycles. The summed E-state index contributed by atoms with van der Waals surface area (Å²) in [5, 5.41) is 80.9. The van der Waals surface area contributed by atoms with Crippen LogP contribution in [0.4, 0.5) is 23.5 Å². The molecule has 0 rings (SSSR count). The fraction of sp³-hybridized carbons (Fsp3) is 1.00. The van der Waals surface area contributed by atoms with Gasteiger partial charge in [-0.2, -0.15) is 0 Å². The van der Waals surface area contributed by atoms with Gasteiger partial charge in [0.05, 0.1) is 132 Å². The lowest BCUT2D eigenvalue weighted by molar-refractivity contribution is 0.0649. The zero-order chi connectivity index (χ0) is 27.7. The first-order chi connectivity index (χ1) is 17.1. The molecule has 0 atom stereocenters. The minimum Gasteiger partial charge on any atom is -0.394 e. The molecule has 0 aromatic rings. The van der Waals surface area contributed by atoms with Crippen molar-refractivity contribution in [1.29, 1.82) is 0 Å². The molecule has 260 valence electrons. The Kier molecular flexibility index (Phi) is 151. The number of hydrogen-bond acceptors (Lipinski definition) is 15. The minimum absolute atomic E-state index is 0. The highest BCUT2D eigenvalue weighted by molar-refractivity contribution is 4.26. The van der Waals surface area contributed by atoms with Gasteiger partial charge >= 0.3 is 0 Å². The van der Waals surface area contributed by atoms with Crippen LogP contribution >= 0.6 is 0 Å². The number of ether oxygens (including phenoxy) is 5. The normalized spacial score (nSPS) is 8.25. The summed E-state index contributed by atoms with van der Waals surface area (Å²) in [6, 6.07) is 0. The van der Waals surface area contributed by atoms with Crippen LogP contribution < -0.4 is 0 Å². The highest BCUT2D eigenvalue weighted by Gasteiger charge is 1.82. The van der Waals surface area contributed by atoms with Gasteiger partial charge in [-0.15, -0.1) is 0 Å². The number of rotatable bonds is 20. The van der Waals surface area contributed by atoms with Gasteiger partial charge in [0.2, 0.25) is 0 Å². The molecule has 0 aliphatic rings. The summed E-state index contributed by atoms with van der Waals surface area (Å²) in [7, 11) is 0. The number of aliphatic hydroxyl groups is 10. The predicted molar refractivity (Wildman–Crippen MR) is 137 cm³/mol. The van der Waals surface area contributed by atoms with E-state index in [1.807, 2.05) is 0 Å². The Hall–Kier alpha value is -0.950. The highest BCUT2D eigenvalue weighted by atomic mass is 19.0. The average Bonchev–Trinajstić information content (AvgIpc) is 2.87. The Balaban J connectivity index is -0.0000000341. The van der Waals surface area contributed by atoms with Crippen LogP contribution in [0.2, 0.25) is 0 Å². The maximum absolute atomic E-state index is 8.09. The van der Waals surface area contributed by atoms with E-state index < -0.39 is 0 Å². The third-order valence-corrected chi connectivity index (χ3v) is 2.36. The monoisotopic (exact) mass is 630 g/mol. The number of hydrogen-bond donors (Lipinski definition) is 10. The first kappa shape index (κ1) is 67.0. The topological polar surface area (TPSA) is 248 Å². The van der Waals surface area contributed by atoms with Crippen molar-refractivity contribution in [2.24, 2.45) is 0 Å². The lowest BCUT2D eigenvalue weighted by Gasteiger charge is -1.94. The Bertz CT molecular complexity index is 210. The van der Waals surface area contributed by atoms with Gasteiger partial charge in [0.25, 0.3) is 0 Å². The molecule has 0 aliphatic heterocycles. The third kappa shape index (κ3) is 133. The lowest BCUT2D eigenvalue weighted by atomic mass is 10.7. The summed E-state index contributed by atoms with van der Waals surface area (Å²) in [5.74, 6) is 0. The molecule has 20 heteroatoms. The van der Waals surface area contributed by atoms with Crippen molar-refractivity contribution in [2.75, 3.05) is 132 Å². The Morgan fingerprint density at radius 1 is 0.200 bits per heavy atom. The molecule has 0 aliphatic carbocycles. The molecule has 0 unspecified atom stereocenters. The van der Waals surface area contributed by atoms with Gasteiger partial charge in [0, 0.05) is 0 Å². The lowest BCUT2D eigenvalue weighted by Crippen LogP contribution is -2.03. The summed E-state index contributed by atoms with van der Waals surface area (Å²) in [5.41, 5.74) is 0. The van der Waals surface area contributed by atoms with E-state index in [-0.39, 0.29) is 89.6 Å². The van der Waals surface area contributed by atoms with Crippen LogP contribution in [0, 0.1) is 0 Å². The molecule has 15 nitrogen and oxygen atoms in total. The molecule has 0 radical (unpaired) electrons. The molecule has 0 heterocycles. The second kappa shape index (κ2) is 90.3. The number of aliphatic hydroxyl groups excluding tert-OH is 10. The largest absolute Gasteiger partial charge is 0.394 e. The van der Waals surface area contributed by atoms with E-state index in [4.69, 9.17) is 51.1 Å². The molecular weight excluding hydrogens is 575 g/mol. The van der Waals surface area contributed by atoms with Crippen LogP contribution in [0.1, 0.15) is 0 Å². The molecule has 0 saturated heterocycles. The van der Waals surface area contributed by atoms with Crippen molar-refractivity contribution < 1.29 is 98.3 Å². The second-order valence-electron chi connectivity index (χ2n) is 5.30. The van der Waals surface area contributed by atoms with Crippen molar-refractivity contribution in [3.8, 4) is 0 Å². The van der Waals surface area contributed by atoms with Crippen LogP contribution in [0.5, 0.6) is 0 Å². The maximum Gasteiger partial charge on any atom is 0.0698 e. The SMILES string of the molecule is F.F.F.F.F.OCCOCCO.OCCOCCO.OCCOCCO.OCCOCCO.OCCOCCO. The fourth-order valence-corrected chi connectivity index (χ4v) is 1.16. The molecule has 0 bridgehead atoms. The molecule has 0 spiro atoms. The van der Waals surface area contributed by atoms with Gasteiger partial charge in [-0.3, -0.25) is 23.5 Å². The van der Waals surface area contributed by atoms with Gasteiger partial charge in [-0.1, -0.05) is 0 Å². The van der Waals surface area contributed by atoms with E-state index in [0.717, 1.165) is 0 Å². The molecule has 0 amide bonds. The Morgan fingerprint density at radius 3 is 0.325 bits per heavy atom. The molecule has 40 heavy (non-hydrogen) atoms. The number of halogens is 5. The molecule has 10 N–H and O–H groups in total. The van der Waals surface area contributed by atoms with E-state index in [1.165, 1.54) is 0 Å². The molecule has 0 aromatic heterocycles. The summed E-state index contributed by atoms with van der Waals surface area (Å²) in [6.45, 7) is 3.48. The van der Waals surface area contributed by atoms with Crippen LogP contribution in [-0.4, -0.2) is 183 Å². The van der Waals surface area contributed by atoms with Crippen LogP contribution in [-0.2, 0) is 23.7 Å². The van der Waals surface area contributed by atoms with Gasteiger partial charge in [-0.05, 0) is 0 Å². The van der Waals surface area contributed by atoms with Crippen molar-refractivity contribution in [3.63, 3.8) is 0 Å². The Labute approximate surface area is 231 Å². The Morgan fingerprint density at radius 2 is 0.275 bits per heavy atom. The molecule has 0 saturated carbocycles. The van der Waals surface area contributed by atoms with Gasteiger partial charge in [0.15, 0.2) is 0 Å². The highest BCUT2D eigenvalue weighted by Crippen LogP contribution is 1.70. The van der Waals surface area contributed by atoms with Gasteiger partial charge in [-0.25, -0.2) is 0 Å². The molecular formula is C20H55F5O15. The van der Waals surface area contributed by atoms with E-state index in [9.17, 15) is 0 Å². The second-order valence-corrected chi connectivity index (χ2v) is 5.30. The van der Waals surface area contributed by atoms with Crippen molar-refractivity contribution in [2.45, 2.75) is 0 Å². The van der Waals surface area contributed by atoms with E-state index in [0.29, 0.717) is 66.1 Å². The molecule has 0 fully saturated rings. The quantitative estimate of drug-likeness (QED) is 0.0452. The van der Waals surface area contributed by atoms with Crippen molar-refractivity contribution in [3.05, 3.63) is 0 Å². The van der Waals surface area contributed by atoms with Crippen molar-refractivity contribution in [1.82, 2.24) is 0 Å². The first-order valence-electron chi connectivity index (χ1n) is 11.0. The van der Waals surface area contributed by atoms with E-state index >= 15 is 0 Å². The van der Waals surface area contributed by atoms with Crippen LogP contribution in [0.25, 0.3) is 0 Å². The van der Waals surface area contributed by atoms with E-state index in [2.05, 4.69) is 23.7 Å². The smallest absolute Gasteiger partial charge is 0.0698 e. The summed E-state index contributed by atoms with van der Waals surface area (Å²) < 4.78 is 23.2. The van der Waals surface area contributed by atoms with Crippen molar-refractivity contribution >= 4 is 0 Å². The standard InChI is InChI=1S/5C4H10O3.5FH/c5*5-1-3-7-4-2-6;;;;;/h5*5-6H,1-4H2;5*1H. The zero-order valence-corrected chi connectivity index (χ0v) is 22.7. The maximum atomic E-state index is 8.09. The van der Waals surface area contributed by atoms with Crippen LogP contribution in [0.15, 0.2) is 0 Å². The summed E-state index contributed by atoms with van der Waals surface area (Å²) in [6.07, 6.45) is 0. The fourth-order valence-electron chi connectivity index (χ4n) is 1.16. The average molecular weight is 631 g/mol. The predicted octanol–water partition coefficient (Wildman–Crippen LogP) is -4.30. The van der Waals surface area contributed by atoms with Gasteiger partial charge in [0.1, 0.15) is 0 Å². The minimum atomic E-state index is 0. The summed E-state index contributed by atoms with van der Waals surface area (Å²) >= 11 is 0. The zero-order valence-electron chi connectivity index (χ0n) is 22.7. The third-order valence-electron chi connectivity index (χ3n) is 2.36. The summed E-state index contributed by atoms with van der Waals surface area (Å²) in [4.78, 5) is 0. The first-order valence-corrected chi connectivity index (χ1v) is 11.0. The van der Waals surface area contributed by atoms with Gasteiger partial charge < -0.3 is 74.7 Å². The van der Waals surface area contributed by atoms with E-state index in [1.54, 1.807) is 0 Å². The van der Waals surface area contributed by atoms with Crippen LogP contribution in [0.3, 0.4) is 0 Å².